The van der Waals surface area contributed by atoms with E-state index >= 15 is 0 Å². The van der Waals surface area contributed by atoms with Gasteiger partial charge in [-0.2, -0.15) is 0 Å². The Bertz CT molecular complexity index is 1030. The molecule has 0 saturated heterocycles. The monoisotopic (exact) mass is 393 g/mol. The van der Waals surface area contributed by atoms with Crippen LogP contribution < -0.4 is 10.2 Å². The molecule has 0 radical (unpaired) electrons. The number of fused-ring (bicyclic) bond motifs is 1. The fourth-order valence-corrected chi connectivity index (χ4v) is 3.84. The molecule has 3 aromatic heterocycles. The number of hydrogen-bond acceptors (Lipinski definition) is 6. The Hall–Kier alpha value is -3.13. The summed E-state index contributed by atoms with van der Waals surface area (Å²) >= 11 is 1.48. The van der Waals surface area contributed by atoms with Gasteiger partial charge >= 0.3 is 0 Å². The van der Waals surface area contributed by atoms with Gasteiger partial charge in [0.15, 0.2) is 0 Å². The third-order valence-electron chi connectivity index (χ3n) is 4.60. The molecule has 0 aromatic carbocycles. The first-order valence-electron chi connectivity index (χ1n) is 8.85. The van der Waals surface area contributed by atoms with Gasteiger partial charge in [0, 0.05) is 36.1 Å². The van der Waals surface area contributed by atoms with E-state index in [9.17, 15) is 9.59 Å². The zero-order valence-corrected chi connectivity index (χ0v) is 16.4. The Morgan fingerprint density at radius 2 is 2.07 bits per heavy atom. The highest BCUT2D eigenvalue weighted by molar-refractivity contribution is 7.13. The van der Waals surface area contributed by atoms with Crippen LogP contribution in [-0.2, 0) is 16.0 Å². The van der Waals surface area contributed by atoms with Crippen molar-refractivity contribution in [3.8, 4) is 10.6 Å². The Labute approximate surface area is 166 Å². The highest BCUT2D eigenvalue weighted by atomic mass is 32.1. The molecule has 8 heteroatoms. The van der Waals surface area contributed by atoms with Gasteiger partial charge in [-0.1, -0.05) is 0 Å². The van der Waals surface area contributed by atoms with Crippen LogP contribution in [0.3, 0.4) is 0 Å². The number of anilines is 2. The van der Waals surface area contributed by atoms with Crippen molar-refractivity contribution in [1.29, 1.82) is 0 Å². The fraction of sp³-hybridized carbons (Fsp3) is 0.250. The van der Waals surface area contributed by atoms with Crippen molar-refractivity contribution in [1.82, 2.24) is 15.0 Å². The average molecular weight is 393 g/mol. The number of pyridine rings is 2. The molecule has 7 nitrogen and oxygen atoms in total. The first kappa shape index (κ1) is 18.2. The van der Waals surface area contributed by atoms with E-state index < -0.39 is 5.41 Å². The molecule has 0 atom stereocenters. The summed E-state index contributed by atoms with van der Waals surface area (Å²) in [6.45, 7) is 3.92. The predicted octanol–water partition coefficient (Wildman–Crippen LogP) is 3.15. The van der Waals surface area contributed by atoms with E-state index in [0.717, 1.165) is 10.6 Å². The zero-order valence-electron chi connectivity index (χ0n) is 15.5. The number of amides is 2. The molecular weight excluding hydrogens is 374 g/mol. The summed E-state index contributed by atoms with van der Waals surface area (Å²) in [5.41, 5.74) is 2.09. The number of carbonyl (C=O) groups excluding carboxylic acids is 2. The second-order valence-electron chi connectivity index (χ2n) is 7.27. The van der Waals surface area contributed by atoms with E-state index in [1.165, 1.54) is 11.3 Å². The van der Waals surface area contributed by atoms with Crippen LogP contribution in [0.2, 0.25) is 0 Å². The Kier molecular flexibility index (Phi) is 4.64. The maximum Gasteiger partial charge on any atom is 0.233 e. The molecule has 28 heavy (non-hydrogen) atoms. The largest absolute Gasteiger partial charge is 0.324 e. The van der Waals surface area contributed by atoms with Gasteiger partial charge in [-0.05, 0) is 32.0 Å². The smallest absolute Gasteiger partial charge is 0.233 e. The van der Waals surface area contributed by atoms with E-state index in [1.807, 2.05) is 31.4 Å². The van der Waals surface area contributed by atoms with Crippen LogP contribution in [0, 0.1) is 5.41 Å². The van der Waals surface area contributed by atoms with Crippen LogP contribution in [0.4, 0.5) is 11.4 Å². The van der Waals surface area contributed by atoms with Crippen molar-refractivity contribution in [2.75, 3.05) is 16.8 Å². The molecule has 0 spiro atoms. The number of hydrogen-bond donors (Lipinski definition) is 1. The summed E-state index contributed by atoms with van der Waals surface area (Å²) in [6.07, 6.45) is 6.82. The molecule has 0 bridgehead atoms. The standard InChI is InChI=1S/C20H19N5O2S/c1-20(2)12-25(16-10-22-7-5-15(16)24-19(20)27)17(26)8-14-11-28-18(23-14)13-4-3-6-21-9-13/h3-7,9-11H,8,12H2,1-2H3,(H,24,27). The van der Waals surface area contributed by atoms with Crippen LogP contribution in [0.5, 0.6) is 0 Å². The summed E-state index contributed by atoms with van der Waals surface area (Å²) in [7, 11) is 0. The van der Waals surface area contributed by atoms with Crippen molar-refractivity contribution < 1.29 is 9.59 Å². The van der Waals surface area contributed by atoms with E-state index in [4.69, 9.17) is 0 Å². The minimum absolute atomic E-state index is 0.122. The van der Waals surface area contributed by atoms with Gasteiger partial charge in [0.25, 0.3) is 0 Å². The Morgan fingerprint density at radius 3 is 2.86 bits per heavy atom. The summed E-state index contributed by atoms with van der Waals surface area (Å²) in [6, 6.07) is 5.50. The number of aromatic nitrogens is 3. The quantitative estimate of drug-likeness (QED) is 0.738. The molecule has 0 saturated carbocycles. The maximum atomic E-state index is 13.1. The third kappa shape index (κ3) is 3.50. The fourth-order valence-electron chi connectivity index (χ4n) is 3.03. The molecule has 1 aliphatic rings. The van der Waals surface area contributed by atoms with Gasteiger partial charge in [0.1, 0.15) is 5.01 Å². The molecule has 4 heterocycles. The van der Waals surface area contributed by atoms with Crippen molar-refractivity contribution >= 4 is 34.5 Å². The molecule has 0 fully saturated rings. The minimum atomic E-state index is -0.725. The SMILES string of the molecule is CC1(C)CN(C(=O)Cc2csc(-c3cccnc3)n2)c2cnccc2NC1=O. The minimum Gasteiger partial charge on any atom is -0.324 e. The highest BCUT2D eigenvalue weighted by Crippen LogP contribution is 2.34. The molecule has 142 valence electrons. The first-order chi connectivity index (χ1) is 13.4. The van der Waals surface area contributed by atoms with E-state index in [2.05, 4.69) is 20.3 Å². The number of nitrogens with one attached hydrogen (secondary N) is 1. The average Bonchev–Trinajstić information content (AvgIpc) is 3.12. The molecule has 4 rings (SSSR count). The number of nitrogens with zero attached hydrogens (tertiary/aromatic N) is 4. The molecule has 2 amide bonds. The van der Waals surface area contributed by atoms with Crippen molar-refractivity contribution in [2.45, 2.75) is 20.3 Å². The van der Waals surface area contributed by atoms with Gasteiger partial charge < -0.3 is 10.2 Å². The number of thiazole rings is 1. The first-order valence-corrected chi connectivity index (χ1v) is 9.73. The van der Waals surface area contributed by atoms with Crippen molar-refractivity contribution in [3.63, 3.8) is 0 Å². The lowest BCUT2D eigenvalue weighted by molar-refractivity contribution is -0.124. The lowest BCUT2D eigenvalue weighted by Crippen LogP contribution is -2.42. The second-order valence-corrected chi connectivity index (χ2v) is 8.13. The lowest BCUT2D eigenvalue weighted by atomic mass is 9.92. The molecule has 1 N–H and O–H groups in total. The summed E-state index contributed by atoms with van der Waals surface area (Å²) in [4.78, 5) is 40.1. The van der Waals surface area contributed by atoms with E-state index in [0.29, 0.717) is 17.1 Å². The van der Waals surface area contributed by atoms with Crippen molar-refractivity contribution in [3.05, 3.63) is 54.1 Å². The second kappa shape index (κ2) is 7.12. The van der Waals surface area contributed by atoms with Crippen LogP contribution >= 0.6 is 11.3 Å². The molecule has 0 aliphatic carbocycles. The van der Waals surface area contributed by atoms with Gasteiger partial charge in [-0.25, -0.2) is 4.98 Å². The summed E-state index contributed by atoms with van der Waals surface area (Å²) in [5, 5.41) is 5.60. The van der Waals surface area contributed by atoms with Crippen LogP contribution in [0.1, 0.15) is 19.5 Å². The topological polar surface area (TPSA) is 88.1 Å². The third-order valence-corrected chi connectivity index (χ3v) is 5.54. The van der Waals surface area contributed by atoms with Gasteiger partial charge in [-0.15, -0.1) is 11.3 Å². The normalized spacial score (nSPS) is 15.5. The molecule has 1 aliphatic heterocycles. The van der Waals surface area contributed by atoms with E-state index in [-0.39, 0.29) is 24.8 Å². The molecule has 0 unspecified atom stereocenters. The van der Waals surface area contributed by atoms with Crippen molar-refractivity contribution in [2.24, 2.45) is 5.41 Å². The van der Waals surface area contributed by atoms with Gasteiger partial charge in [0.05, 0.1) is 35.1 Å². The Balaban J connectivity index is 1.60. The molecular formula is C20H19N5O2S. The van der Waals surface area contributed by atoms with Crippen LogP contribution in [0.15, 0.2) is 48.4 Å². The highest BCUT2D eigenvalue weighted by Gasteiger charge is 2.37. The van der Waals surface area contributed by atoms with Gasteiger partial charge in [-0.3, -0.25) is 19.6 Å². The van der Waals surface area contributed by atoms with Gasteiger partial charge in [0.2, 0.25) is 11.8 Å². The molecule has 3 aromatic rings. The predicted molar refractivity (Wildman–Crippen MR) is 108 cm³/mol. The van der Waals surface area contributed by atoms with E-state index in [1.54, 1.807) is 35.8 Å². The number of rotatable bonds is 3. The maximum absolute atomic E-state index is 13.1. The zero-order chi connectivity index (χ0) is 19.7. The van der Waals surface area contributed by atoms with Crippen LogP contribution in [-0.4, -0.2) is 33.3 Å². The number of carbonyl (C=O) groups is 2. The van der Waals surface area contributed by atoms with Crippen LogP contribution in [0.25, 0.3) is 10.6 Å². The lowest BCUT2D eigenvalue weighted by Gasteiger charge is -2.28. The summed E-state index contributed by atoms with van der Waals surface area (Å²) < 4.78 is 0. The Morgan fingerprint density at radius 1 is 1.25 bits per heavy atom. The summed E-state index contributed by atoms with van der Waals surface area (Å²) in [5.74, 6) is -0.246.